The van der Waals surface area contributed by atoms with E-state index in [1.54, 1.807) is 0 Å². The first-order chi connectivity index (χ1) is 10.8. The summed E-state index contributed by atoms with van der Waals surface area (Å²) in [7, 11) is -1.93. The summed E-state index contributed by atoms with van der Waals surface area (Å²) in [6.45, 7) is 15.4. The molecule has 0 aromatic rings. The smallest absolute Gasteiger partial charge is 0.185 e. The lowest BCUT2D eigenvalue weighted by Gasteiger charge is -2.51. The first-order valence-corrected chi connectivity index (χ1v) is 13.7. The van der Waals surface area contributed by atoms with Gasteiger partial charge in [-0.2, -0.15) is 0 Å². The number of carbonyl (C=O) groups excluding carboxylic acids is 1. The van der Waals surface area contributed by atoms with Crippen LogP contribution in [0, 0.1) is 16.7 Å². The fourth-order valence-corrected chi connectivity index (χ4v) is 7.28. The summed E-state index contributed by atoms with van der Waals surface area (Å²) in [5.41, 5.74) is -0.836. The molecule has 0 aromatic heterocycles. The van der Waals surface area contributed by atoms with Crippen LogP contribution in [0.4, 0.5) is 0 Å². The van der Waals surface area contributed by atoms with Crippen LogP contribution in [0.3, 0.4) is 0 Å². The first kappa shape index (κ1) is 20.6. The van der Waals surface area contributed by atoms with Gasteiger partial charge in [-0.1, -0.05) is 50.0 Å². The van der Waals surface area contributed by atoms with Crippen LogP contribution >= 0.6 is 15.9 Å². The van der Waals surface area contributed by atoms with Gasteiger partial charge in [0.25, 0.3) is 0 Å². The molecule has 2 rings (SSSR count). The van der Waals surface area contributed by atoms with E-state index in [0.717, 1.165) is 19.3 Å². The average Bonchev–Trinajstić information content (AvgIpc) is 2.76. The molecule has 0 radical (unpaired) electrons. The van der Waals surface area contributed by atoms with Gasteiger partial charge in [0.05, 0.1) is 6.10 Å². The molecular weight excluding hydrogens is 384 g/mol. The van der Waals surface area contributed by atoms with Gasteiger partial charge in [-0.3, -0.25) is 4.79 Å². The minimum atomic E-state index is -1.93. The van der Waals surface area contributed by atoms with Gasteiger partial charge < -0.3 is 9.53 Å². The van der Waals surface area contributed by atoms with Crippen molar-refractivity contribution in [3.8, 4) is 0 Å². The van der Waals surface area contributed by atoms with Crippen molar-refractivity contribution in [2.24, 2.45) is 16.7 Å². The van der Waals surface area contributed by atoms with Crippen molar-refractivity contribution >= 4 is 30.0 Å². The summed E-state index contributed by atoms with van der Waals surface area (Å²) < 4.78 is 6.72. The molecule has 0 spiro atoms. The Morgan fingerprint density at radius 1 is 1.33 bits per heavy atom. The molecule has 5 heteroatoms. The van der Waals surface area contributed by atoms with E-state index < -0.39 is 24.8 Å². The third kappa shape index (κ3) is 2.97. The van der Waals surface area contributed by atoms with Crippen LogP contribution in [0.15, 0.2) is 0 Å². The van der Waals surface area contributed by atoms with Crippen LogP contribution < -0.4 is 0 Å². The number of rotatable bonds is 7. The lowest BCUT2D eigenvalue weighted by molar-refractivity contribution is -0.152. The Labute approximate surface area is 157 Å². The second-order valence-corrected chi connectivity index (χ2v) is 15.1. The molecule has 0 amide bonds. The van der Waals surface area contributed by atoms with E-state index in [1.165, 1.54) is 6.42 Å². The molecule has 0 aromatic carbocycles. The van der Waals surface area contributed by atoms with E-state index in [1.807, 2.05) is 6.92 Å². The van der Waals surface area contributed by atoms with Gasteiger partial charge in [-0.25, -0.2) is 0 Å². The van der Waals surface area contributed by atoms with Crippen LogP contribution in [-0.4, -0.2) is 35.7 Å². The maximum atomic E-state index is 13.6. The van der Waals surface area contributed by atoms with Crippen LogP contribution in [0.5, 0.6) is 0 Å². The number of Topliss-reactive ketones (excluding diaryl/α,β-unsaturated/α-hetero) is 1. The average molecular weight is 419 g/mol. The summed E-state index contributed by atoms with van der Waals surface area (Å²) in [5, 5.41) is 10.4. The molecule has 0 saturated heterocycles. The Morgan fingerprint density at radius 2 is 1.92 bits per heavy atom. The summed E-state index contributed by atoms with van der Waals surface area (Å²) in [4.78, 5) is 13.1. The monoisotopic (exact) mass is 418 g/mol. The third-order valence-corrected chi connectivity index (χ3v) is 8.90. The van der Waals surface area contributed by atoms with E-state index in [0.29, 0.717) is 12.3 Å². The summed E-state index contributed by atoms with van der Waals surface area (Å²) >= 11 is 3.53. The van der Waals surface area contributed by atoms with Gasteiger partial charge in [0.1, 0.15) is 10.4 Å². The van der Waals surface area contributed by atoms with Crippen molar-refractivity contribution < 1.29 is 14.3 Å². The van der Waals surface area contributed by atoms with E-state index >= 15 is 0 Å². The number of ketones is 1. The molecule has 2 saturated carbocycles. The van der Waals surface area contributed by atoms with Gasteiger partial charge in [0.2, 0.25) is 0 Å². The zero-order valence-corrected chi connectivity index (χ0v) is 19.0. The lowest BCUT2D eigenvalue weighted by Crippen LogP contribution is -2.61. The molecule has 24 heavy (non-hydrogen) atoms. The Morgan fingerprint density at radius 3 is 2.29 bits per heavy atom. The largest absolute Gasteiger partial charge is 0.404 e. The van der Waals surface area contributed by atoms with E-state index in [4.69, 9.17) is 4.43 Å². The molecule has 140 valence electrons. The van der Waals surface area contributed by atoms with Crippen LogP contribution in [0.2, 0.25) is 19.6 Å². The number of fused-ring (bicyclic) bond motifs is 2. The highest BCUT2D eigenvalue weighted by Crippen LogP contribution is 2.71. The predicted octanol–water partition coefficient (Wildman–Crippen LogP) is 4.92. The first-order valence-electron chi connectivity index (χ1n) is 9.39. The van der Waals surface area contributed by atoms with Crippen LogP contribution in [0.1, 0.15) is 59.8 Å². The zero-order chi connectivity index (χ0) is 18.6. The minimum Gasteiger partial charge on any atom is -0.404 e. The third-order valence-electron chi connectivity index (χ3n) is 6.91. The fraction of sp³-hybridized carbons (Fsp3) is 0.947. The van der Waals surface area contributed by atoms with Gasteiger partial charge in [-0.05, 0) is 56.7 Å². The van der Waals surface area contributed by atoms with Gasteiger partial charge in [0.15, 0.2) is 14.1 Å². The minimum absolute atomic E-state index is 0.0728. The van der Waals surface area contributed by atoms with Crippen molar-refractivity contribution in [3.63, 3.8) is 0 Å². The highest BCUT2D eigenvalue weighted by Gasteiger charge is 2.73. The molecule has 5 atom stereocenters. The van der Waals surface area contributed by atoms with Crippen molar-refractivity contribution in [1.29, 1.82) is 0 Å². The number of hydrogen-bond acceptors (Lipinski definition) is 3. The molecule has 2 fully saturated rings. The highest BCUT2D eigenvalue weighted by molar-refractivity contribution is 9.10. The number of alkyl halides is 1. The molecule has 1 unspecified atom stereocenters. The van der Waals surface area contributed by atoms with Crippen LogP contribution in [0.25, 0.3) is 0 Å². The molecule has 1 N–H and O–H groups in total. The standard InChI is InChI=1S/C19H35BrO3Si/c1-8-9-14(21)15(20)16(22)19(23-24(5,6)7)12-13-10-11-18(19,4)17(13,2)3/h13-15,21H,8-12H2,1-7H3/t13-,14-,15?,18-,19+/m1/s1. The summed E-state index contributed by atoms with van der Waals surface area (Å²) in [6.07, 6.45) is 3.87. The molecule has 0 aliphatic heterocycles. The molecule has 0 heterocycles. The van der Waals surface area contributed by atoms with Crippen molar-refractivity contribution in [1.82, 2.24) is 0 Å². The molecular formula is C19H35BrO3Si. The normalized spacial score (nSPS) is 37.5. The zero-order valence-electron chi connectivity index (χ0n) is 16.4. The SMILES string of the molecule is CCC[C@@H](O)C(Br)C(=O)[C@@]1(O[Si](C)(C)C)C[C@H]2CC[C@]1(C)C2(C)C. The highest BCUT2D eigenvalue weighted by atomic mass is 79.9. The van der Waals surface area contributed by atoms with E-state index in [9.17, 15) is 9.90 Å². The fourth-order valence-electron chi connectivity index (χ4n) is 5.19. The maximum absolute atomic E-state index is 13.6. The Bertz CT molecular complexity index is 501. The topological polar surface area (TPSA) is 46.5 Å². The lowest BCUT2D eigenvalue weighted by atomic mass is 9.62. The molecule has 2 aliphatic carbocycles. The maximum Gasteiger partial charge on any atom is 0.185 e. The number of halogens is 1. The molecule has 3 nitrogen and oxygen atoms in total. The second kappa shape index (κ2) is 6.47. The van der Waals surface area contributed by atoms with Crippen molar-refractivity contribution in [2.75, 3.05) is 0 Å². The molecule has 2 bridgehead atoms. The number of carbonyl (C=O) groups is 1. The van der Waals surface area contributed by atoms with Crippen molar-refractivity contribution in [2.45, 2.75) is 96.0 Å². The van der Waals surface area contributed by atoms with Crippen LogP contribution in [-0.2, 0) is 9.22 Å². The molecule has 2 aliphatic rings. The van der Waals surface area contributed by atoms with Crippen molar-refractivity contribution in [3.05, 3.63) is 0 Å². The predicted molar refractivity (Wildman–Crippen MR) is 105 cm³/mol. The Hall–Kier alpha value is 0.287. The van der Waals surface area contributed by atoms with E-state index in [-0.39, 0.29) is 16.6 Å². The van der Waals surface area contributed by atoms with E-state index in [2.05, 4.69) is 56.3 Å². The van der Waals surface area contributed by atoms with Gasteiger partial charge >= 0.3 is 0 Å². The number of hydrogen-bond donors (Lipinski definition) is 1. The van der Waals surface area contributed by atoms with Gasteiger partial charge in [0, 0.05) is 5.41 Å². The second-order valence-electron chi connectivity index (χ2n) is 9.66. The quantitative estimate of drug-likeness (QED) is 0.471. The summed E-state index contributed by atoms with van der Waals surface area (Å²) in [5.74, 6) is 0.592. The summed E-state index contributed by atoms with van der Waals surface area (Å²) in [6, 6.07) is 0. The Balaban J connectivity index is 2.46. The number of aliphatic hydroxyl groups excluding tert-OH is 1. The number of aliphatic hydroxyl groups is 1. The Kier molecular flexibility index (Phi) is 5.55. The van der Waals surface area contributed by atoms with Gasteiger partial charge in [-0.15, -0.1) is 0 Å².